The van der Waals surface area contributed by atoms with Gasteiger partial charge in [0.15, 0.2) is 5.76 Å². The quantitative estimate of drug-likeness (QED) is 0.702. The second kappa shape index (κ2) is 4.03. The average Bonchev–Trinajstić information content (AvgIpc) is 2.64. The van der Waals surface area contributed by atoms with Crippen molar-refractivity contribution < 1.29 is 14.1 Å². The van der Waals surface area contributed by atoms with Crippen molar-refractivity contribution in [2.45, 2.75) is 26.4 Å². The highest BCUT2D eigenvalue weighted by molar-refractivity contribution is 5.67. The summed E-state index contributed by atoms with van der Waals surface area (Å²) in [4.78, 5) is 24.6. The normalized spacial score (nSPS) is 14.8. The van der Waals surface area contributed by atoms with Crippen LogP contribution in [0.2, 0.25) is 0 Å². The number of ether oxygens (including phenoxy) is 1. The van der Waals surface area contributed by atoms with Crippen LogP contribution in [-0.4, -0.2) is 29.4 Å². The summed E-state index contributed by atoms with van der Waals surface area (Å²) >= 11 is 0. The van der Waals surface area contributed by atoms with Crippen molar-refractivity contribution in [3.8, 4) is 0 Å². The van der Waals surface area contributed by atoms with E-state index in [1.165, 1.54) is 16.7 Å². The molecule has 0 spiro atoms. The van der Waals surface area contributed by atoms with Gasteiger partial charge in [-0.15, -0.1) is 0 Å². The van der Waals surface area contributed by atoms with Crippen LogP contribution in [0.1, 0.15) is 18.2 Å². The molecular formula is C10H14N2O4. The summed E-state index contributed by atoms with van der Waals surface area (Å²) < 4.78 is 11.3. The number of rotatable bonds is 1. The molecule has 0 bridgehead atoms. The van der Waals surface area contributed by atoms with E-state index in [-0.39, 0.29) is 5.56 Å². The van der Waals surface area contributed by atoms with Crippen LogP contribution in [0, 0.1) is 0 Å². The lowest BCUT2D eigenvalue weighted by atomic mass is 10.1. The molecule has 1 aliphatic heterocycles. The van der Waals surface area contributed by atoms with E-state index in [0.29, 0.717) is 37.4 Å². The number of aryl methyl sites for hydroxylation is 1. The van der Waals surface area contributed by atoms with Crippen molar-refractivity contribution in [1.82, 2.24) is 9.64 Å². The molecule has 1 aromatic rings. The van der Waals surface area contributed by atoms with Gasteiger partial charge in [-0.2, -0.15) is 4.74 Å². The van der Waals surface area contributed by atoms with E-state index >= 15 is 0 Å². The van der Waals surface area contributed by atoms with E-state index in [4.69, 9.17) is 4.52 Å². The van der Waals surface area contributed by atoms with Gasteiger partial charge in [0, 0.05) is 6.54 Å². The largest absolute Gasteiger partial charge is 0.453 e. The predicted molar refractivity (Wildman–Crippen MR) is 55.2 cm³/mol. The Bertz CT molecular complexity index is 460. The van der Waals surface area contributed by atoms with Crippen molar-refractivity contribution in [3.05, 3.63) is 21.7 Å². The molecule has 1 aromatic heterocycles. The molecule has 0 radical (unpaired) electrons. The average molecular weight is 226 g/mol. The molecule has 0 N–H and O–H groups in total. The molecule has 2 rings (SSSR count). The Morgan fingerprint density at radius 1 is 1.56 bits per heavy atom. The summed E-state index contributed by atoms with van der Waals surface area (Å²) in [5.74, 6) is 0.573. The Morgan fingerprint density at radius 3 is 2.94 bits per heavy atom. The number of nitrogens with zero attached hydrogens (tertiary/aromatic N) is 2. The van der Waals surface area contributed by atoms with Gasteiger partial charge in [-0.25, -0.2) is 4.79 Å². The Kier molecular flexibility index (Phi) is 2.72. The van der Waals surface area contributed by atoms with Gasteiger partial charge in [0.25, 0.3) is 5.56 Å². The van der Waals surface area contributed by atoms with E-state index in [9.17, 15) is 9.59 Å². The van der Waals surface area contributed by atoms with Gasteiger partial charge >= 0.3 is 6.09 Å². The van der Waals surface area contributed by atoms with E-state index in [1.807, 2.05) is 6.92 Å². The Morgan fingerprint density at radius 2 is 2.31 bits per heavy atom. The van der Waals surface area contributed by atoms with Crippen molar-refractivity contribution >= 4 is 6.09 Å². The van der Waals surface area contributed by atoms with Crippen LogP contribution in [0.15, 0.2) is 9.32 Å². The molecule has 0 aromatic carbocycles. The molecule has 1 aliphatic rings. The minimum absolute atomic E-state index is 0.0815. The molecular weight excluding hydrogens is 212 g/mol. The van der Waals surface area contributed by atoms with E-state index in [1.54, 1.807) is 0 Å². The third kappa shape index (κ3) is 1.60. The zero-order valence-electron chi connectivity index (χ0n) is 9.36. The van der Waals surface area contributed by atoms with Gasteiger partial charge in [-0.3, -0.25) is 4.79 Å². The molecule has 2 heterocycles. The first-order valence-corrected chi connectivity index (χ1v) is 5.22. The molecule has 6 nitrogen and oxygen atoms in total. The van der Waals surface area contributed by atoms with Gasteiger partial charge in [-0.05, 0) is 13.3 Å². The molecule has 0 saturated heterocycles. The third-order valence-corrected chi connectivity index (χ3v) is 2.73. The van der Waals surface area contributed by atoms with Gasteiger partial charge < -0.3 is 14.2 Å². The molecule has 0 saturated carbocycles. The van der Waals surface area contributed by atoms with Gasteiger partial charge in [0.05, 0.1) is 25.8 Å². The van der Waals surface area contributed by atoms with Crippen LogP contribution in [0.25, 0.3) is 0 Å². The summed E-state index contributed by atoms with van der Waals surface area (Å²) in [5.41, 5.74) is 0.601. The number of hydrogen-bond acceptors (Lipinski definition) is 4. The zero-order chi connectivity index (χ0) is 11.7. The fourth-order valence-corrected chi connectivity index (χ4v) is 1.86. The first-order chi connectivity index (χ1) is 7.67. The van der Waals surface area contributed by atoms with Crippen molar-refractivity contribution in [2.24, 2.45) is 0 Å². The monoisotopic (exact) mass is 226 g/mol. The summed E-state index contributed by atoms with van der Waals surface area (Å²) in [6, 6.07) is 0. The smallest absolute Gasteiger partial charge is 0.409 e. The molecule has 0 fully saturated rings. The summed E-state index contributed by atoms with van der Waals surface area (Å²) in [7, 11) is 1.34. The fourth-order valence-electron chi connectivity index (χ4n) is 1.86. The predicted octanol–water partition coefficient (Wildman–Crippen LogP) is 0.586. The Hall–Kier alpha value is -1.72. The van der Waals surface area contributed by atoms with Crippen molar-refractivity contribution in [2.75, 3.05) is 13.7 Å². The Labute approximate surface area is 92.4 Å². The minimum atomic E-state index is -0.391. The topological polar surface area (TPSA) is 64.7 Å². The summed E-state index contributed by atoms with van der Waals surface area (Å²) in [6.45, 7) is 3.15. The molecule has 6 heteroatoms. The van der Waals surface area contributed by atoms with E-state index < -0.39 is 6.09 Å². The van der Waals surface area contributed by atoms with E-state index in [2.05, 4.69) is 4.74 Å². The lowest BCUT2D eigenvalue weighted by Crippen LogP contribution is -2.36. The van der Waals surface area contributed by atoms with Crippen molar-refractivity contribution in [1.29, 1.82) is 0 Å². The van der Waals surface area contributed by atoms with Crippen LogP contribution in [0.5, 0.6) is 0 Å². The number of amides is 1. The van der Waals surface area contributed by atoms with E-state index in [0.717, 1.165) is 0 Å². The number of carbonyl (C=O) groups is 1. The number of fused-ring (bicyclic) bond motifs is 1. The van der Waals surface area contributed by atoms with Gasteiger partial charge in [0.1, 0.15) is 0 Å². The van der Waals surface area contributed by atoms with Crippen LogP contribution in [-0.2, 0) is 24.2 Å². The molecule has 0 aliphatic carbocycles. The molecule has 0 atom stereocenters. The SMILES string of the molecule is CCn1oc2c(c1=O)CCN(C(=O)OC)C2. The number of aromatic nitrogens is 1. The lowest BCUT2D eigenvalue weighted by molar-refractivity contribution is 0.110. The second-order valence-corrected chi connectivity index (χ2v) is 3.63. The highest BCUT2D eigenvalue weighted by Gasteiger charge is 2.27. The maximum absolute atomic E-state index is 11.7. The first kappa shape index (κ1) is 10.8. The number of carbonyl (C=O) groups excluding carboxylic acids is 1. The number of methoxy groups -OCH3 is 1. The molecule has 1 amide bonds. The zero-order valence-corrected chi connectivity index (χ0v) is 9.36. The standard InChI is InChI=1S/C10H14N2O4/c1-3-12-9(13)7-4-5-11(10(14)15-2)6-8(7)16-12/h3-6H2,1-2H3. The first-order valence-electron chi connectivity index (χ1n) is 5.22. The second-order valence-electron chi connectivity index (χ2n) is 3.63. The highest BCUT2D eigenvalue weighted by atomic mass is 16.5. The minimum Gasteiger partial charge on any atom is -0.453 e. The lowest BCUT2D eigenvalue weighted by Gasteiger charge is -2.23. The summed E-state index contributed by atoms with van der Waals surface area (Å²) in [5, 5.41) is 0. The van der Waals surface area contributed by atoms with Crippen LogP contribution in [0.3, 0.4) is 0 Å². The molecule has 88 valence electrons. The number of hydrogen-bond donors (Lipinski definition) is 0. The Balaban J connectivity index is 2.28. The van der Waals surface area contributed by atoms with Gasteiger partial charge in [0.2, 0.25) is 0 Å². The summed E-state index contributed by atoms with van der Waals surface area (Å²) in [6.07, 6.45) is 0.136. The molecule has 16 heavy (non-hydrogen) atoms. The fraction of sp³-hybridized carbons (Fsp3) is 0.600. The maximum atomic E-state index is 11.7. The third-order valence-electron chi connectivity index (χ3n) is 2.73. The highest BCUT2D eigenvalue weighted by Crippen LogP contribution is 2.16. The van der Waals surface area contributed by atoms with Gasteiger partial charge in [-0.1, -0.05) is 0 Å². The van der Waals surface area contributed by atoms with Crippen LogP contribution in [0.4, 0.5) is 4.79 Å². The van der Waals surface area contributed by atoms with Crippen molar-refractivity contribution in [3.63, 3.8) is 0 Å². The van der Waals surface area contributed by atoms with Crippen LogP contribution < -0.4 is 5.56 Å². The molecule has 0 unspecified atom stereocenters. The van der Waals surface area contributed by atoms with Crippen LogP contribution >= 0.6 is 0 Å². The maximum Gasteiger partial charge on any atom is 0.409 e.